The van der Waals surface area contributed by atoms with Crippen LogP contribution in [0.15, 0.2) is 0 Å². The molecule has 0 saturated heterocycles. The van der Waals surface area contributed by atoms with E-state index in [2.05, 4.69) is 0 Å². The van der Waals surface area contributed by atoms with E-state index in [0.29, 0.717) is 57.8 Å². The SMILES string of the molecule is CC(C)(CCCC(C)(C)C(=O)[O-])C(=O)[O-].CC(C)(CCCC(C)(C)C(=O)[O-])C(=O)[O-].CC(C)(CCCC(C)(C)C(=O)[O-])C(=O)[O-].[Y+3].[Y+3]. The third-order valence-corrected chi connectivity index (χ3v) is 8.13. The average molecular weight is 821 g/mol. The Morgan fingerprint density at radius 3 is 0.447 bits per heavy atom. The summed E-state index contributed by atoms with van der Waals surface area (Å²) in [5, 5.41) is 64.0. The summed E-state index contributed by atoms with van der Waals surface area (Å²) in [6, 6.07) is 0. The molecular weight excluding hydrogens is 766 g/mol. The Bertz CT molecular complexity index is 822. The van der Waals surface area contributed by atoms with E-state index in [1.165, 1.54) is 0 Å². The molecule has 0 radical (unpaired) electrons. The average Bonchev–Trinajstić information content (AvgIpc) is 2.83. The molecule has 0 saturated carbocycles. The molecule has 0 amide bonds. The molecule has 0 heterocycles. The van der Waals surface area contributed by atoms with Crippen molar-refractivity contribution < 1.29 is 125 Å². The summed E-state index contributed by atoms with van der Waals surface area (Å²) in [6.45, 7) is 18.9. The second-order valence-corrected chi connectivity index (χ2v) is 15.6. The molecule has 0 atom stereocenters. The molecule has 0 aliphatic carbocycles. The smallest absolute Gasteiger partial charge is 0.550 e. The number of rotatable bonds is 18. The maximum Gasteiger partial charge on any atom is 3.00 e. The summed E-state index contributed by atoms with van der Waals surface area (Å²) in [4.78, 5) is 64.0. The van der Waals surface area contributed by atoms with Gasteiger partial charge < -0.3 is 59.4 Å². The van der Waals surface area contributed by atoms with Crippen molar-refractivity contribution in [3.05, 3.63) is 0 Å². The third kappa shape index (κ3) is 23.9. The molecule has 264 valence electrons. The molecule has 0 aromatic heterocycles. The molecule has 14 heteroatoms. The fourth-order valence-electron chi connectivity index (χ4n) is 3.53. The van der Waals surface area contributed by atoms with E-state index in [0.717, 1.165) is 0 Å². The van der Waals surface area contributed by atoms with Crippen LogP contribution in [0, 0.1) is 32.5 Å². The number of carboxylic acid groups (broad SMARTS) is 6. The van der Waals surface area contributed by atoms with Crippen LogP contribution in [0.1, 0.15) is 141 Å². The molecular formula is C33H54O12Y2. The minimum absolute atomic E-state index is 0. The van der Waals surface area contributed by atoms with Crippen LogP contribution < -0.4 is 30.6 Å². The van der Waals surface area contributed by atoms with Gasteiger partial charge in [0, 0.05) is 68.3 Å². The molecule has 47 heavy (non-hydrogen) atoms. The Morgan fingerprint density at radius 2 is 0.383 bits per heavy atom. The van der Waals surface area contributed by atoms with Gasteiger partial charge in [-0.2, -0.15) is 0 Å². The minimum Gasteiger partial charge on any atom is -0.550 e. The van der Waals surface area contributed by atoms with Gasteiger partial charge in [0.15, 0.2) is 0 Å². The molecule has 0 spiro atoms. The zero-order chi connectivity index (χ0) is 36.8. The van der Waals surface area contributed by atoms with Gasteiger partial charge in [-0.05, 0) is 38.5 Å². The topological polar surface area (TPSA) is 241 Å². The van der Waals surface area contributed by atoms with E-state index in [1.54, 1.807) is 83.1 Å². The standard InChI is InChI=1S/3C11H20O4.2Y/c3*1-10(2,8(12)13)6-5-7-11(3,4)9(14)15;;/h3*5-7H2,1-4H3,(H,12,13)(H,14,15);;/q;;;2*+3/p-6. The van der Waals surface area contributed by atoms with Crippen LogP contribution >= 0.6 is 0 Å². The van der Waals surface area contributed by atoms with E-state index in [9.17, 15) is 59.4 Å². The van der Waals surface area contributed by atoms with Crippen LogP contribution in [-0.4, -0.2) is 35.8 Å². The summed E-state index contributed by atoms with van der Waals surface area (Å²) in [7, 11) is 0. The predicted octanol–water partition coefficient (Wildman–Crippen LogP) is -0.878. The van der Waals surface area contributed by atoms with Crippen molar-refractivity contribution >= 4 is 35.8 Å². The van der Waals surface area contributed by atoms with Gasteiger partial charge in [-0.25, -0.2) is 0 Å². The van der Waals surface area contributed by atoms with E-state index in [-0.39, 0.29) is 65.4 Å². The van der Waals surface area contributed by atoms with Crippen LogP contribution in [0.2, 0.25) is 0 Å². The van der Waals surface area contributed by atoms with E-state index in [4.69, 9.17) is 0 Å². The fourth-order valence-corrected chi connectivity index (χ4v) is 3.53. The minimum atomic E-state index is -1.10. The van der Waals surface area contributed by atoms with Crippen LogP contribution in [-0.2, 0) is 94.2 Å². The Labute approximate surface area is 331 Å². The Morgan fingerprint density at radius 1 is 0.298 bits per heavy atom. The van der Waals surface area contributed by atoms with Crippen molar-refractivity contribution in [3.8, 4) is 0 Å². The second-order valence-electron chi connectivity index (χ2n) is 15.6. The molecule has 0 aliphatic rings. The molecule has 0 fully saturated rings. The molecule has 0 aromatic carbocycles. The van der Waals surface area contributed by atoms with Gasteiger partial charge in [0.25, 0.3) is 0 Å². The van der Waals surface area contributed by atoms with Crippen molar-refractivity contribution in [3.63, 3.8) is 0 Å². The van der Waals surface area contributed by atoms with Crippen molar-refractivity contribution in [1.29, 1.82) is 0 Å². The number of carboxylic acids is 6. The van der Waals surface area contributed by atoms with Crippen molar-refractivity contribution in [1.82, 2.24) is 0 Å². The van der Waals surface area contributed by atoms with Crippen LogP contribution in [0.5, 0.6) is 0 Å². The maximum atomic E-state index is 10.7. The summed E-state index contributed by atoms with van der Waals surface area (Å²) in [5.74, 6) is -6.62. The van der Waals surface area contributed by atoms with E-state index in [1.807, 2.05) is 0 Å². The summed E-state index contributed by atoms with van der Waals surface area (Å²) >= 11 is 0. The quantitative estimate of drug-likeness (QED) is 0.164. The number of aliphatic carboxylic acids is 6. The van der Waals surface area contributed by atoms with E-state index < -0.39 is 68.3 Å². The van der Waals surface area contributed by atoms with Gasteiger partial charge in [0.05, 0.1) is 0 Å². The normalized spacial score (nSPS) is 12.0. The zero-order valence-corrected chi connectivity index (χ0v) is 36.1. The van der Waals surface area contributed by atoms with Crippen LogP contribution in [0.3, 0.4) is 0 Å². The summed E-state index contributed by atoms with van der Waals surface area (Å²) in [5.41, 5.74) is -5.40. The van der Waals surface area contributed by atoms with Crippen molar-refractivity contribution in [2.24, 2.45) is 32.5 Å². The molecule has 0 N–H and O–H groups in total. The first-order valence-electron chi connectivity index (χ1n) is 15.1. The monoisotopic (exact) mass is 820 g/mol. The Hall–Kier alpha value is -0.972. The largest absolute Gasteiger partial charge is 3.00 e. The van der Waals surface area contributed by atoms with Gasteiger partial charge >= 0.3 is 65.4 Å². The first-order valence-corrected chi connectivity index (χ1v) is 15.1. The molecule has 0 aromatic rings. The first kappa shape index (κ1) is 55.4. The first-order chi connectivity index (χ1) is 19.8. The van der Waals surface area contributed by atoms with Gasteiger partial charge in [-0.3, -0.25) is 0 Å². The summed E-state index contributed by atoms with van der Waals surface area (Å²) < 4.78 is 0. The fraction of sp³-hybridized carbons (Fsp3) is 0.818. The molecule has 12 nitrogen and oxygen atoms in total. The van der Waals surface area contributed by atoms with Gasteiger partial charge in [0.2, 0.25) is 0 Å². The van der Waals surface area contributed by atoms with Crippen molar-refractivity contribution in [2.45, 2.75) is 141 Å². The Kier molecular flexibility index (Phi) is 26.8. The number of hydrogen-bond acceptors (Lipinski definition) is 12. The predicted molar refractivity (Wildman–Crippen MR) is 154 cm³/mol. The maximum absolute atomic E-state index is 10.7. The van der Waals surface area contributed by atoms with Crippen molar-refractivity contribution in [2.75, 3.05) is 0 Å². The number of hydrogen-bond donors (Lipinski definition) is 0. The number of carbonyl (C=O) groups excluding carboxylic acids is 6. The zero-order valence-electron chi connectivity index (χ0n) is 30.4. The van der Waals surface area contributed by atoms with Gasteiger partial charge in [-0.1, -0.05) is 102 Å². The van der Waals surface area contributed by atoms with E-state index >= 15 is 0 Å². The molecule has 0 bridgehead atoms. The van der Waals surface area contributed by atoms with Gasteiger partial charge in [-0.15, -0.1) is 0 Å². The summed E-state index contributed by atoms with van der Waals surface area (Å²) in [6.07, 6.45) is 4.04. The molecule has 0 rings (SSSR count). The molecule has 0 aliphatic heterocycles. The van der Waals surface area contributed by atoms with Gasteiger partial charge in [0.1, 0.15) is 0 Å². The van der Waals surface area contributed by atoms with Crippen LogP contribution in [0.4, 0.5) is 0 Å². The Balaban J connectivity index is -0.000000184. The van der Waals surface area contributed by atoms with Crippen LogP contribution in [0.25, 0.3) is 0 Å². The second kappa shape index (κ2) is 22.7. The molecule has 0 unspecified atom stereocenters. The number of carbonyl (C=O) groups is 6. The third-order valence-electron chi connectivity index (χ3n) is 8.13.